The first-order valence-corrected chi connectivity index (χ1v) is 8.06. The van der Waals surface area contributed by atoms with Crippen LogP contribution in [0.4, 0.5) is 11.4 Å². The lowest BCUT2D eigenvalue weighted by Crippen LogP contribution is -2.30. The monoisotopic (exact) mass is 343 g/mol. The van der Waals surface area contributed by atoms with Gasteiger partial charge in [0, 0.05) is 31.0 Å². The van der Waals surface area contributed by atoms with Crippen molar-refractivity contribution in [2.45, 2.75) is 33.2 Å². The molecule has 1 saturated heterocycles. The van der Waals surface area contributed by atoms with Gasteiger partial charge in [0.1, 0.15) is 0 Å². The zero-order valence-electron chi connectivity index (χ0n) is 13.3. The summed E-state index contributed by atoms with van der Waals surface area (Å²) in [4.78, 5) is 17.3. The van der Waals surface area contributed by atoms with Gasteiger partial charge in [-0.05, 0) is 24.8 Å². The Labute approximate surface area is 141 Å². The third kappa shape index (κ3) is 4.36. The number of aliphatic imine (C=N–C) groups is 1. The number of aryl methyl sites for hydroxylation is 1. The van der Waals surface area contributed by atoms with Crippen LogP contribution in [-0.2, 0) is 0 Å². The van der Waals surface area contributed by atoms with E-state index in [-0.39, 0.29) is 23.0 Å². The maximum absolute atomic E-state index is 10.9. The molecule has 0 N–H and O–H groups in total. The minimum atomic E-state index is -0.379. The van der Waals surface area contributed by atoms with Gasteiger partial charge in [-0.3, -0.25) is 10.1 Å². The predicted molar refractivity (Wildman–Crippen MR) is 95.6 cm³/mol. The number of halogens is 1. The summed E-state index contributed by atoms with van der Waals surface area (Å²) in [6.07, 6.45) is 1.14. The van der Waals surface area contributed by atoms with Gasteiger partial charge in [-0.15, -0.1) is 12.4 Å². The molecule has 1 heterocycles. The van der Waals surface area contributed by atoms with Crippen LogP contribution in [0.25, 0.3) is 0 Å². The molecule has 122 valence electrons. The summed E-state index contributed by atoms with van der Waals surface area (Å²) >= 11 is 1.72. The van der Waals surface area contributed by atoms with Crippen molar-refractivity contribution in [3.63, 3.8) is 0 Å². The maximum atomic E-state index is 10.9. The van der Waals surface area contributed by atoms with Crippen molar-refractivity contribution in [3.05, 3.63) is 33.9 Å². The minimum absolute atomic E-state index is 0. The van der Waals surface area contributed by atoms with E-state index in [9.17, 15) is 10.1 Å². The first-order chi connectivity index (χ1) is 9.88. The van der Waals surface area contributed by atoms with E-state index < -0.39 is 0 Å². The van der Waals surface area contributed by atoms with Crippen molar-refractivity contribution in [3.8, 4) is 0 Å². The van der Waals surface area contributed by atoms with Crippen molar-refractivity contribution in [1.82, 2.24) is 4.90 Å². The van der Waals surface area contributed by atoms with Crippen molar-refractivity contribution in [2.24, 2.45) is 10.9 Å². The lowest BCUT2D eigenvalue weighted by atomic mass is 10.0. The van der Waals surface area contributed by atoms with Gasteiger partial charge >= 0.3 is 0 Å². The molecule has 1 aromatic carbocycles. The molecule has 7 heteroatoms. The third-order valence-electron chi connectivity index (χ3n) is 3.62. The van der Waals surface area contributed by atoms with Crippen LogP contribution < -0.4 is 0 Å². The minimum Gasteiger partial charge on any atom is -0.350 e. The summed E-state index contributed by atoms with van der Waals surface area (Å²) in [5, 5.41) is 11.8. The molecule has 0 aromatic heterocycles. The van der Waals surface area contributed by atoms with Gasteiger partial charge in [-0.2, -0.15) is 0 Å². The fraction of sp³-hybridized carbons (Fsp3) is 0.533. The van der Waals surface area contributed by atoms with Crippen molar-refractivity contribution < 1.29 is 4.92 Å². The molecule has 0 amide bonds. The maximum Gasteiger partial charge on any atom is 0.271 e. The number of amidine groups is 1. The van der Waals surface area contributed by atoms with Gasteiger partial charge in [-0.1, -0.05) is 31.7 Å². The normalized spacial score (nSPS) is 19.6. The fourth-order valence-corrected chi connectivity index (χ4v) is 3.57. The molecule has 1 aliphatic heterocycles. The molecule has 1 fully saturated rings. The Hall–Kier alpha value is -1.27. The number of hydrogen-bond acceptors (Lipinski definition) is 4. The number of non-ortho nitro benzene ring substituents is 1. The van der Waals surface area contributed by atoms with Crippen LogP contribution in [0.15, 0.2) is 23.2 Å². The summed E-state index contributed by atoms with van der Waals surface area (Å²) < 4.78 is 0. The highest BCUT2D eigenvalue weighted by atomic mass is 35.5. The number of hydrogen-bond donors (Lipinski definition) is 0. The summed E-state index contributed by atoms with van der Waals surface area (Å²) in [6.45, 7) is 6.37. The Morgan fingerprint density at radius 2 is 2.18 bits per heavy atom. The second-order valence-electron chi connectivity index (χ2n) is 5.83. The average Bonchev–Trinajstić information content (AvgIpc) is 2.73. The zero-order valence-corrected chi connectivity index (χ0v) is 14.9. The molecule has 0 bridgehead atoms. The third-order valence-corrected chi connectivity index (χ3v) is 4.81. The zero-order chi connectivity index (χ0) is 15.6. The van der Waals surface area contributed by atoms with Gasteiger partial charge in [0.25, 0.3) is 5.69 Å². The Morgan fingerprint density at radius 1 is 1.50 bits per heavy atom. The molecule has 0 unspecified atom stereocenters. The van der Waals surface area contributed by atoms with E-state index in [1.165, 1.54) is 6.07 Å². The molecule has 2 rings (SSSR count). The summed E-state index contributed by atoms with van der Waals surface area (Å²) in [5.74, 6) is 1.68. The number of nitrogens with zero attached hydrogens (tertiary/aromatic N) is 3. The van der Waals surface area contributed by atoms with Crippen LogP contribution in [0, 0.1) is 23.0 Å². The molecular formula is C15H22ClN3O2S. The Bertz CT molecular complexity index is 578. The van der Waals surface area contributed by atoms with Crippen LogP contribution in [0.3, 0.4) is 0 Å². The van der Waals surface area contributed by atoms with E-state index in [0.29, 0.717) is 17.6 Å². The van der Waals surface area contributed by atoms with Crippen LogP contribution in [-0.4, -0.2) is 33.8 Å². The first-order valence-electron chi connectivity index (χ1n) is 7.08. The lowest BCUT2D eigenvalue weighted by molar-refractivity contribution is -0.384. The number of benzene rings is 1. The van der Waals surface area contributed by atoms with Gasteiger partial charge < -0.3 is 4.90 Å². The van der Waals surface area contributed by atoms with Crippen LogP contribution in [0.2, 0.25) is 0 Å². The number of thioether (sulfide) groups is 1. The van der Waals surface area contributed by atoms with Crippen molar-refractivity contribution >= 4 is 40.7 Å². The second-order valence-corrected chi connectivity index (χ2v) is 6.81. The standard InChI is InChI=1S/C15H21N3O2S.ClH/c1-10(2)7-13-9-21-15(17(13)4)16-14-8-12(18(19)20)6-5-11(14)3;/h5-6,8,10,13H,7,9H2,1-4H3;1H/b16-15+;/t13-;/m1./s1. The first kappa shape index (κ1) is 18.8. The molecule has 0 radical (unpaired) electrons. The fourth-order valence-electron chi connectivity index (χ4n) is 2.36. The molecule has 22 heavy (non-hydrogen) atoms. The molecule has 1 aromatic rings. The Kier molecular flexibility index (Phi) is 6.68. The molecule has 1 aliphatic rings. The van der Waals surface area contributed by atoms with Crippen LogP contribution >= 0.6 is 24.2 Å². The average molecular weight is 344 g/mol. The van der Waals surface area contributed by atoms with Gasteiger partial charge in [-0.25, -0.2) is 4.99 Å². The molecule has 0 aliphatic carbocycles. The Balaban J connectivity index is 0.00000242. The van der Waals surface area contributed by atoms with Crippen LogP contribution in [0.5, 0.6) is 0 Å². The quantitative estimate of drug-likeness (QED) is 0.600. The topological polar surface area (TPSA) is 58.7 Å². The predicted octanol–water partition coefficient (Wildman–Crippen LogP) is 4.41. The summed E-state index contributed by atoms with van der Waals surface area (Å²) in [6, 6.07) is 5.31. The highest BCUT2D eigenvalue weighted by molar-refractivity contribution is 8.14. The van der Waals surface area contributed by atoms with E-state index >= 15 is 0 Å². The van der Waals surface area contributed by atoms with E-state index in [0.717, 1.165) is 22.9 Å². The number of nitro groups is 1. The largest absolute Gasteiger partial charge is 0.350 e. The highest BCUT2D eigenvalue weighted by Gasteiger charge is 2.27. The van der Waals surface area contributed by atoms with Crippen molar-refractivity contribution in [2.75, 3.05) is 12.8 Å². The number of rotatable bonds is 4. The van der Waals surface area contributed by atoms with Gasteiger partial charge in [0.15, 0.2) is 5.17 Å². The SMILES string of the molecule is Cc1ccc([N+](=O)[O-])cc1/N=C1/SC[C@@H](CC(C)C)N1C.Cl. The van der Waals surface area contributed by atoms with E-state index in [1.54, 1.807) is 23.9 Å². The molecule has 0 saturated carbocycles. The molecule has 1 atom stereocenters. The molecule has 0 spiro atoms. The lowest BCUT2D eigenvalue weighted by Gasteiger charge is -2.22. The van der Waals surface area contributed by atoms with Gasteiger partial charge in [0.05, 0.1) is 10.6 Å². The van der Waals surface area contributed by atoms with Crippen molar-refractivity contribution in [1.29, 1.82) is 0 Å². The summed E-state index contributed by atoms with van der Waals surface area (Å²) in [7, 11) is 2.05. The van der Waals surface area contributed by atoms with Gasteiger partial charge in [0.2, 0.25) is 0 Å². The number of nitro benzene ring substituents is 1. The summed E-state index contributed by atoms with van der Waals surface area (Å²) in [5.41, 5.74) is 1.72. The highest BCUT2D eigenvalue weighted by Crippen LogP contribution is 2.31. The molecular weight excluding hydrogens is 322 g/mol. The van der Waals surface area contributed by atoms with E-state index in [4.69, 9.17) is 0 Å². The second kappa shape index (κ2) is 7.83. The van der Waals surface area contributed by atoms with Crippen LogP contribution in [0.1, 0.15) is 25.8 Å². The van der Waals surface area contributed by atoms with E-state index in [1.807, 2.05) is 6.92 Å². The Morgan fingerprint density at radius 3 is 2.77 bits per heavy atom. The smallest absolute Gasteiger partial charge is 0.271 e. The molecule has 5 nitrogen and oxygen atoms in total. The van der Waals surface area contributed by atoms with E-state index in [2.05, 4.69) is 30.8 Å².